The number of aliphatic hydroxyl groups excluding tert-OH is 1. The molecule has 0 aliphatic heterocycles. The molecule has 0 bridgehead atoms. The number of hydrogen-bond donors (Lipinski definition) is 1. The van der Waals surface area contributed by atoms with Crippen LogP contribution in [0, 0.1) is 0 Å². The van der Waals surface area contributed by atoms with Crippen LogP contribution in [0.15, 0.2) is 30.3 Å². The first-order valence-electron chi connectivity index (χ1n) is 6.28. The van der Waals surface area contributed by atoms with Crippen LogP contribution in [0.3, 0.4) is 0 Å². The summed E-state index contributed by atoms with van der Waals surface area (Å²) in [4.78, 5) is 13.3. The van der Waals surface area contributed by atoms with E-state index in [-0.39, 0.29) is 12.5 Å². The molecule has 1 N–H and O–H groups in total. The van der Waals surface area contributed by atoms with Crippen molar-refractivity contribution in [3.63, 3.8) is 0 Å². The first kappa shape index (κ1) is 14.7. The largest absolute Gasteiger partial charge is 0.465 e. The molecule has 0 fully saturated rings. The van der Waals surface area contributed by atoms with E-state index in [1.807, 2.05) is 42.2 Å². The van der Waals surface area contributed by atoms with Gasteiger partial charge in [0.05, 0.1) is 19.3 Å². The number of esters is 1. The average molecular weight is 251 g/mol. The Balaban J connectivity index is 2.50. The van der Waals surface area contributed by atoms with Crippen molar-refractivity contribution in [2.24, 2.45) is 0 Å². The summed E-state index contributed by atoms with van der Waals surface area (Å²) in [6.07, 6.45) is -0.583. The Hall–Kier alpha value is -1.39. The van der Waals surface area contributed by atoms with Gasteiger partial charge in [0.25, 0.3) is 0 Å². The van der Waals surface area contributed by atoms with E-state index in [9.17, 15) is 9.90 Å². The third kappa shape index (κ3) is 4.85. The highest BCUT2D eigenvalue weighted by molar-refractivity contribution is 5.71. The van der Waals surface area contributed by atoms with Gasteiger partial charge in [-0.1, -0.05) is 37.3 Å². The maximum absolute atomic E-state index is 11.4. The van der Waals surface area contributed by atoms with Crippen LogP contribution in [-0.2, 0) is 9.53 Å². The van der Waals surface area contributed by atoms with E-state index < -0.39 is 6.10 Å². The first-order chi connectivity index (χ1) is 8.67. The number of aliphatic hydroxyl groups is 1. The topological polar surface area (TPSA) is 49.8 Å². The van der Waals surface area contributed by atoms with Crippen molar-refractivity contribution in [1.29, 1.82) is 0 Å². The molecule has 0 radical (unpaired) electrons. The van der Waals surface area contributed by atoms with Crippen molar-refractivity contribution in [1.82, 2.24) is 4.90 Å². The van der Waals surface area contributed by atoms with Gasteiger partial charge in [-0.25, -0.2) is 0 Å². The maximum Gasteiger partial charge on any atom is 0.320 e. The van der Waals surface area contributed by atoms with Crippen LogP contribution in [0.2, 0.25) is 0 Å². The van der Waals surface area contributed by atoms with Crippen molar-refractivity contribution in [2.75, 3.05) is 26.2 Å². The highest BCUT2D eigenvalue weighted by Crippen LogP contribution is 2.13. The van der Waals surface area contributed by atoms with Gasteiger partial charge in [-0.2, -0.15) is 0 Å². The zero-order valence-electron chi connectivity index (χ0n) is 11.0. The number of likely N-dealkylation sites (N-methyl/N-ethyl adjacent to an activating group) is 1. The summed E-state index contributed by atoms with van der Waals surface area (Å²) in [5.41, 5.74) is 0.861. The lowest BCUT2D eigenvalue weighted by atomic mass is 10.1. The fourth-order valence-electron chi connectivity index (χ4n) is 1.72. The Kier molecular flexibility index (Phi) is 6.39. The van der Waals surface area contributed by atoms with E-state index in [1.54, 1.807) is 6.92 Å². The zero-order chi connectivity index (χ0) is 13.4. The van der Waals surface area contributed by atoms with Crippen LogP contribution in [0.4, 0.5) is 0 Å². The summed E-state index contributed by atoms with van der Waals surface area (Å²) in [7, 11) is 0. The van der Waals surface area contributed by atoms with Gasteiger partial charge >= 0.3 is 5.97 Å². The van der Waals surface area contributed by atoms with Gasteiger partial charge in [0.2, 0.25) is 0 Å². The van der Waals surface area contributed by atoms with Crippen molar-refractivity contribution >= 4 is 5.97 Å². The lowest BCUT2D eigenvalue weighted by Crippen LogP contribution is -2.34. The van der Waals surface area contributed by atoms with E-state index >= 15 is 0 Å². The Morgan fingerprint density at radius 3 is 2.56 bits per heavy atom. The van der Waals surface area contributed by atoms with E-state index in [1.165, 1.54) is 0 Å². The second-order valence-corrected chi connectivity index (χ2v) is 4.06. The molecule has 0 aliphatic carbocycles. The lowest BCUT2D eigenvalue weighted by Gasteiger charge is -2.22. The van der Waals surface area contributed by atoms with Gasteiger partial charge in [-0.05, 0) is 19.0 Å². The fraction of sp³-hybridized carbons (Fsp3) is 0.500. The van der Waals surface area contributed by atoms with Crippen molar-refractivity contribution in [2.45, 2.75) is 20.0 Å². The van der Waals surface area contributed by atoms with Crippen molar-refractivity contribution in [3.05, 3.63) is 35.9 Å². The van der Waals surface area contributed by atoms with Crippen LogP contribution in [0.25, 0.3) is 0 Å². The molecule has 4 heteroatoms. The molecular formula is C14H21NO3. The van der Waals surface area contributed by atoms with Gasteiger partial charge in [-0.3, -0.25) is 9.69 Å². The number of ether oxygens (including phenoxy) is 1. The van der Waals surface area contributed by atoms with Gasteiger partial charge in [0.15, 0.2) is 0 Å². The van der Waals surface area contributed by atoms with Crippen LogP contribution in [0.1, 0.15) is 25.5 Å². The molecule has 0 saturated carbocycles. The van der Waals surface area contributed by atoms with Crippen LogP contribution in [0.5, 0.6) is 0 Å². The maximum atomic E-state index is 11.4. The molecule has 4 nitrogen and oxygen atoms in total. The fourth-order valence-corrected chi connectivity index (χ4v) is 1.72. The minimum Gasteiger partial charge on any atom is -0.465 e. The highest BCUT2D eigenvalue weighted by atomic mass is 16.5. The molecule has 1 unspecified atom stereocenters. The summed E-state index contributed by atoms with van der Waals surface area (Å²) in [5.74, 6) is -0.250. The van der Waals surface area contributed by atoms with Crippen molar-refractivity contribution in [3.8, 4) is 0 Å². The summed E-state index contributed by atoms with van der Waals surface area (Å²) < 4.78 is 4.90. The smallest absolute Gasteiger partial charge is 0.320 e. The molecule has 1 aromatic rings. The number of carbonyl (C=O) groups is 1. The first-order valence-corrected chi connectivity index (χ1v) is 6.28. The summed E-state index contributed by atoms with van der Waals surface area (Å²) in [6.45, 7) is 5.47. The Morgan fingerprint density at radius 1 is 1.33 bits per heavy atom. The normalized spacial score (nSPS) is 12.4. The third-order valence-electron chi connectivity index (χ3n) is 2.72. The number of hydrogen-bond acceptors (Lipinski definition) is 4. The lowest BCUT2D eigenvalue weighted by molar-refractivity contribution is -0.144. The quantitative estimate of drug-likeness (QED) is 0.748. The Morgan fingerprint density at radius 2 is 2.00 bits per heavy atom. The Bertz CT molecular complexity index is 353. The summed E-state index contributed by atoms with van der Waals surface area (Å²) in [5, 5.41) is 10.1. The highest BCUT2D eigenvalue weighted by Gasteiger charge is 2.15. The standard InChI is InChI=1S/C14H21NO3/c1-3-15(11-14(17)18-4-2)10-13(16)12-8-6-5-7-9-12/h5-9,13,16H,3-4,10-11H2,1-2H3. The van der Waals surface area contributed by atoms with Crippen LogP contribution in [-0.4, -0.2) is 42.2 Å². The molecule has 18 heavy (non-hydrogen) atoms. The number of benzene rings is 1. The Labute approximate surface area is 108 Å². The third-order valence-corrected chi connectivity index (χ3v) is 2.72. The number of rotatable bonds is 7. The molecule has 0 saturated heterocycles. The summed E-state index contributed by atoms with van der Waals surface area (Å²) >= 11 is 0. The van der Waals surface area contributed by atoms with Crippen LogP contribution >= 0.6 is 0 Å². The molecule has 0 amide bonds. The number of carbonyl (C=O) groups excluding carboxylic acids is 1. The van der Waals surface area contributed by atoms with Gasteiger partial charge < -0.3 is 9.84 Å². The second kappa shape index (κ2) is 7.84. The molecule has 1 aromatic carbocycles. The predicted octanol–water partition coefficient (Wildman–Crippen LogP) is 1.61. The van der Waals surface area contributed by atoms with E-state index in [0.717, 1.165) is 5.56 Å². The molecule has 0 aromatic heterocycles. The zero-order valence-corrected chi connectivity index (χ0v) is 11.0. The summed E-state index contributed by atoms with van der Waals surface area (Å²) in [6, 6.07) is 9.44. The predicted molar refractivity (Wildman–Crippen MR) is 70.1 cm³/mol. The van der Waals surface area contributed by atoms with E-state index in [4.69, 9.17) is 4.74 Å². The van der Waals surface area contributed by atoms with E-state index in [2.05, 4.69) is 0 Å². The van der Waals surface area contributed by atoms with Gasteiger partial charge in [0, 0.05) is 6.54 Å². The molecule has 1 rings (SSSR count). The average Bonchev–Trinajstić information content (AvgIpc) is 2.39. The molecule has 0 aliphatic rings. The molecule has 0 spiro atoms. The molecule has 100 valence electrons. The van der Waals surface area contributed by atoms with Gasteiger partial charge in [-0.15, -0.1) is 0 Å². The molecule has 0 heterocycles. The van der Waals surface area contributed by atoms with Crippen LogP contribution < -0.4 is 0 Å². The van der Waals surface area contributed by atoms with Gasteiger partial charge in [0.1, 0.15) is 0 Å². The molecule has 1 atom stereocenters. The minimum absolute atomic E-state index is 0.217. The second-order valence-electron chi connectivity index (χ2n) is 4.06. The monoisotopic (exact) mass is 251 g/mol. The van der Waals surface area contributed by atoms with E-state index in [0.29, 0.717) is 19.7 Å². The minimum atomic E-state index is -0.583. The molecular weight excluding hydrogens is 230 g/mol. The number of nitrogens with zero attached hydrogens (tertiary/aromatic N) is 1. The SMILES string of the molecule is CCOC(=O)CN(CC)CC(O)c1ccccc1. The van der Waals surface area contributed by atoms with Crippen molar-refractivity contribution < 1.29 is 14.6 Å².